The Labute approximate surface area is 171 Å². The Morgan fingerprint density at radius 3 is 2.93 bits per heavy atom. The number of hydrogen-bond donors (Lipinski definition) is 0. The molecule has 0 unspecified atom stereocenters. The van der Waals surface area contributed by atoms with Gasteiger partial charge in [-0.25, -0.2) is 0 Å². The Bertz CT molecular complexity index is 968. The lowest BCUT2D eigenvalue weighted by Crippen LogP contribution is -2.32. The number of carbonyl (C=O) groups excluding carboxylic acids is 1. The molecule has 1 saturated carbocycles. The van der Waals surface area contributed by atoms with Gasteiger partial charge in [0.2, 0.25) is 11.0 Å². The fraction of sp³-hybridized carbons (Fsp3) is 0.368. The molecule has 0 aliphatic heterocycles. The molecule has 4 rings (SSSR count). The number of methoxy groups -OCH3 is 1. The highest BCUT2D eigenvalue weighted by atomic mass is 32.2. The summed E-state index contributed by atoms with van der Waals surface area (Å²) in [4.78, 5) is 14.0. The third kappa shape index (κ3) is 4.05. The minimum atomic E-state index is 0.104. The van der Waals surface area contributed by atoms with E-state index in [0.717, 1.165) is 39.9 Å². The van der Waals surface area contributed by atoms with E-state index in [4.69, 9.17) is 9.26 Å². The number of ether oxygens (including phenoxy) is 1. The van der Waals surface area contributed by atoms with Crippen LogP contribution in [0, 0.1) is 0 Å². The van der Waals surface area contributed by atoms with Gasteiger partial charge in [0.1, 0.15) is 17.2 Å². The minimum Gasteiger partial charge on any atom is -0.496 e. The van der Waals surface area contributed by atoms with Gasteiger partial charge >= 0.3 is 0 Å². The molecule has 0 spiro atoms. The Balaban J connectivity index is 1.42. The molecule has 1 amide bonds. The van der Waals surface area contributed by atoms with Gasteiger partial charge in [-0.1, -0.05) is 47.3 Å². The summed E-state index contributed by atoms with van der Waals surface area (Å²) < 4.78 is 11.6. The van der Waals surface area contributed by atoms with E-state index in [1.165, 1.54) is 23.1 Å². The van der Waals surface area contributed by atoms with Crippen molar-refractivity contribution in [1.29, 1.82) is 0 Å². The van der Waals surface area contributed by atoms with Crippen LogP contribution in [-0.4, -0.2) is 34.4 Å². The Morgan fingerprint density at radius 1 is 1.36 bits per heavy atom. The number of hydrogen-bond acceptors (Lipinski definition) is 8. The lowest BCUT2D eigenvalue weighted by molar-refractivity contribution is -0.118. The van der Waals surface area contributed by atoms with Gasteiger partial charge in [0, 0.05) is 24.1 Å². The molecule has 28 heavy (non-hydrogen) atoms. The lowest BCUT2D eigenvalue weighted by atomic mass is 10.1. The van der Waals surface area contributed by atoms with Crippen LogP contribution >= 0.6 is 23.1 Å². The molecule has 1 aliphatic carbocycles. The second-order valence-corrected chi connectivity index (χ2v) is 8.54. The van der Waals surface area contributed by atoms with E-state index >= 15 is 0 Å². The molecule has 0 saturated heterocycles. The average Bonchev–Trinajstić information content (AvgIpc) is 3.26. The van der Waals surface area contributed by atoms with Crippen molar-refractivity contribution in [2.45, 2.75) is 42.3 Å². The number of para-hydroxylation sites is 1. The number of nitrogens with zero attached hydrogens (tertiary/aromatic N) is 4. The van der Waals surface area contributed by atoms with Crippen molar-refractivity contribution in [2.75, 3.05) is 12.0 Å². The van der Waals surface area contributed by atoms with E-state index in [-0.39, 0.29) is 11.9 Å². The van der Waals surface area contributed by atoms with Crippen molar-refractivity contribution in [3.8, 4) is 17.0 Å². The summed E-state index contributed by atoms with van der Waals surface area (Å²) >= 11 is 2.97. The van der Waals surface area contributed by atoms with Crippen LogP contribution in [0.2, 0.25) is 0 Å². The van der Waals surface area contributed by atoms with Crippen LogP contribution in [0.25, 0.3) is 11.3 Å². The molecule has 7 nitrogen and oxygen atoms in total. The standard InChI is InChI=1S/C19H20N4O3S2/c1-3-17(24)23(12-8-9-12)18-20-21-19(28-18)27-11-13-10-15(22-26-13)14-6-4-5-7-16(14)25-2/h4-7,10,12H,3,8-9,11H2,1-2H3. The summed E-state index contributed by atoms with van der Waals surface area (Å²) in [5.74, 6) is 2.19. The third-order valence-corrected chi connectivity index (χ3v) is 6.44. The first-order valence-corrected chi connectivity index (χ1v) is 10.9. The number of benzene rings is 1. The highest BCUT2D eigenvalue weighted by molar-refractivity contribution is 8.00. The number of aromatic nitrogens is 3. The number of anilines is 1. The van der Waals surface area contributed by atoms with Crippen LogP contribution in [0.15, 0.2) is 39.2 Å². The van der Waals surface area contributed by atoms with Crippen molar-refractivity contribution >= 4 is 34.1 Å². The predicted octanol–water partition coefficient (Wildman–Crippen LogP) is 4.40. The van der Waals surface area contributed by atoms with Gasteiger partial charge in [-0.15, -0.1) is 10.2 Å². The fourth-order valence-electron chi connectivity index (χ4n) is 2.82. The highest BCUT2D eigenvalue weighted by Gasteiger charge is 2.35. The van der Waals surface area contributed by atoms with E-state index in [1.807, 2.05) is 37.3 Å². The van der Waals surface area contributed by atoms with E-state index in [2.05, 4.69) is 15.4 Å². The Kier molecular flexibility index (Phi) is 5.63. The fourth-order valence-corrected chi connectivity index (χ4v) is 4.63. The summed E-state index contributed by atoms with van der Waals surface area (Å²) in [5, 5.41) is 13.3. The predicted molar refractivity (Wildman–Crippen MR) is 109 cm³/mol. The zero-order valence-electron chi connectivity index (χ0n) is 15.6. The van der Waals surface area contributed by atoms with Gasteiger partial charge < -0.3 is 9.26 Å². The summed E-state index contributed by atoms with van der Waals surface area (Å²) in [5.41, 5.74) is 1.63. The van der Waals surface area contributed by atoms with Crippen LogP contribution in [0.4, 0.5) is 5.13 Å². The molecule has 2 heterocycles. The second kappa shape index (κ2) is 8.32. The SMILES string of the molecule is CCC(=O)N(c1nnc(SCc2cc(-c3ccccc3OC)no2)s1)C1CC1. The molecule has 0 bridgehead atoms. The molecule has 9 heteroatoms. The van der Waals surface area contributed by atoms with Crippen LogP contribution in [0.5, 0.6) is 5.75 Å². The molecule has 0 N–H and O–H groups in total. The van der Waals surface area contributed by atoms with E-state index in [9.17, 15) is 4.79 Å². The maximum atomic E-state index is 12.2. The largest absolute Gasteiger partial charge is 0.496 e. The first-order chi connectivity index (χ1) is 13.7. The van der Waals surface area contributed by atoms with E-state index in [1.54, 1.807) is 12.0 Å². The highest BCUT2D eigenvalue weighted by Crippen LogP contribution is 2.37. The van der Waals surface area contributed by atoms with Gasteiger partial charge in [-0.05, 0) is 25.0 Å². The van der Waals surface area contributed by atoms with Crippen molar-refractivity contribution in [3.05, 3.63) is 36.1 Å². The van der Waals surface area contributed by atoms with Gasteiger partial charge in [0.15, 0.2) is 4.34 Å². The topological polar surface area (TPSA) is 81.4 Å². The molecule has 146 valence electrons. The van der Waals surface area contributed by atoms with Crippen molar-refractivity contribution < 1.29 is 14.1 Å². The zero-order valence-corrected chi connectivity index (χ0v) is 17.3. The summed E-state index contributed by atoms with van der Waals surface area (Å²) in [7, 11) is 1.64. The van der Waals surface area contributed by atoms with Gasteiger partial charge in [-0.3, -0.25) is 9.69 Å². The molecule has 0 atom stereocenters. The van der Waals surface area contributed by atoms with Crippen LogP contribution in [0.1, 0.15) is 31.9 Å². The first kappa shape index (κ1) is 18.9. The molecule has 3 aromatic rings. The second-order valence-electron chi connectivity index (χ2n) is 6.37. The average molecular weight is 417 g/mol. The maximum Gasteiger partial charge on any atom is 0.228 e. The quantitative estimate of drug-likeness (QED) is 0.398. The summed E-state index contributed by atoms with van der Waals surface area (Å²) in [6.07, 6.45) is 2.55. The minimum absolute atomic E-state index is 0.104. The van der Waals surface area contributed by atoms with Crippen molar-refractivity contribution in [3.63, 3.8) is 0 Å². The molecular weight excluding hydrogens is 396 g/mol. The van der Waals surface area contributed by atoms with Gasteiger partial charge in [0.25, 0.3) is 0 Å². The molecule has 0 radical (unpaired) electrons. The van der Waals surface area contributed by atoms with Gasteiger partial charge in [0.05, 0.1) is 12.9 Å². The molecule has 1 aromatic carbocycles. The number of thioether (sulfide) groups is 1. The monoisotopic (exact) mass is 416 g/mol. The van der Waals surface area contributed by atoms with Crippen molar-refractivity contribution in [2.24, 2.45) is 0 Å². The number of amides is 1. The molecule has 2 aromatic heterocycles. The van der Waals surface area contributed by atoms with E-state index < -0.39 is 0 Å². The third-order valence-electron chi connectivity index (χ3n) is 4.36. The Morgan fingerprint density at radius 2 is 2.18 bits per heavy atom. The summed E-state index contributed by atoms with van der Waals surface area (Å²) in [6.45, 7) is 1.87. The lowest BCUT2D eigenvalue weighted by Gasteiger charge is -2.17. The zero-order chi connectivity index (χ0) is 19.5. The van der Waals surface area contributed by atoms with Crippen LogP contribution in [-0.2, 0) is 10.5 Å². The maximum absolute atomic E-state index is 12.2. The summed E-state index contributed by atoms with van der Waals surface area (Å²) in [6, 6.07) is 9.89. The number of carbonyl (C=O) groups is 1. The smallest absolute Gasteiger partial charge is 0.228 e. The van der Waals surface area contributed by atoms with Crippen molar-refractivity contribution in [1.82, 2.24) is 15.4 Å². The van der Waals surface area contributed by atoms with Crippen LogP contribution in [0.3, 0.4) is 0 Å². The van der Waals surface area contributed by atoms with Crippen LogP contribution < -0.4 is 9.64 Å². The molecule has 1 aliphatic rings. The Hall–Kier alpha value is -2.39. The van der Waals surface area contributed by atoms with E-state index in [0.29, 0.717) is 17.3 Å². The van der Waals surface area contributed by atoms with Gasteiger partial charge in [-0.2, -0.15) is 0 Å². The molecular formula is C19H20N4O3S2. The normalized spacial score (nSPS) is 13.5. The number of rotatable bonds is 8. The first-order valence-electron chi connectivity index (χ1n) is 9.07. The molecule has 1 fully saturated rings.